The summed E-state index contributed by atoms with van der Waals surface area (Å²) in [6.07, 6.45) is 8.68. The van der Waals surface area contributed by atoms with Gasteiger partial charge < -0.3 is 10.4 Å². The minimum Gasteiger partial charge on any atom is -0.395 e. The number of nitrogens with zero attached hydrogens (tertiary/aromatic N) is 1. The summed E-state index contributed by atoms with van der Waals surface area (Å²) in [5, 5.41) is 13.1. The first-order chi connectivity index (χ1) is 12.7. The second-order valence-electron chi connectivity index (χ2n) is 8.06. The van der Waals surface area contributed by atoms with E-state index in [1.807, 2.05) is 17.8 Å². The molecule has 26 heavy (non-hydrogen) atoms. The second kappa shape index (κ2) is 7.79. The number of aliphatic hydroxyl groups excluding tert-OH is 1. The fraction of sp³-hybridized carbons (Fsp3) is 0.545. The fourth-order valence-corrected chi connectivity index (χ4v) is 5.74. The second-order valence-corrected chi connectivity index (χ2v) is 9.21. The Balaban J connectivity index is 0.000000144. The first-order valence-corrected chi connectivity index (χ1v) is 10.8. The smallest absolute Gasteiger partial charge is 0.0798 e. The van der Waals surface area contributed by atoms with E-state index < -0.39 is 0 Å². The molecule has 2 aliphatic carbocycles. The van der Waals surface area contributed by atoms with Gasteiger partial charge in [-0.3, -0.25) is 4.90 Å². The normalized spacial score (nSPS) is 33.0. The van der Waals surface area contributed by atoms with Gasteiger partial charge in [-0.1, -0.05) is 48.7 Å². The first-order valence-electron chi connectivity index (χ1n) is 9.87. The van der Waals surface area contributed by atoms with E-state index in [1.54, 1.807) is 0 Å². The van der Waals surface area contributed by atoms with Gasteiger partial charge in [-0.05, 0) is 62.6 Å². The van der Waals surface area contributed by atoms with E-state index in [1.165, 1.54) is 48.3 Å². The van der Waals surface area contributed by atoms with Crippen molar-refractivity contribution < 1.29 is 5.11 Å². The molecule has 4 heteroatoms. The maximum Gasteiger partial charge on any atom is 0.0798 e. The molecule has 2 N–H and O–H groups in total. The van der Waals surface area contributed by atoms with Crippen LogP contribution in [0.1, 0.15) is 37.7 Å². The van der Waals surface area contributed by atoms with Crippen molar-refractivity contribution in [2.24, 2.45) is 11.8 Å². The van der Waals surface area contributed by atoms with Gasteiger partial charge in [-0.15, -0.1) is 0 Å². The summed E-state index contributed by atoms with van der Waals surface area (Å²) in [6, 6.07) is 11.9. The summed E-state index contributed by atoms with van der Waals surface area (Å²) < 4.78 is 0. The van der Waals surface area contributed by atoms with Crippen LogP contribution in [0.4, 0.5) is 0 Å². The molecule has 1 aromatic carbocycles. The standard InChI is InChI=1S/C14H15NS.C8H15NO/c1-2-12-13(10-6-4-3-5-7-10)16-14(15-12)11-8-9-11;1-9-7-2-6(3-7)4-8(9)5-10/h2-7,11,14-15H,1,8-9H2;6-8,10H,2-5H2,1H3. The zero-order valence-electron chi connectivity index (χ0n) is 15.6. The highest BCUT2D eigenvalue weighted by atomic mass is 32.2. The third-order valence-electron chi connectivity index (χ3n) is 6.26. The third-order valence-corrected chi connectivity index (χ3v) is 7.70. The van der Waals surface area contributed by atoms with Crippen LogP contribution in [0.25, 0.3) is 4.91 Å². The number of fused-ring (bicyclic) bond motifs is 2. The van der Waals surface area contributed by atoms with Gasteiger partial charge >= 0.3 is 0 Å². The molecule has 6 rings (SSSR count). The molecule has 140 valence electrons. The number of piperidine rings is 2. The number of nitrogens with one attached hydrogen (secondary N) is 1. The Morgan fingerprint density at radius 2 is 1.96 bits per heavy atom. The van der Waals surface area contributed by atoms with Crippen molar-refractivity contribution in [2.75, 3.05) is 13.7 Å². The molecule has 3 aliphatic heterocycles. The molecule has 4 fully saturated rings. The molecule has 0 aromatic heterocycles. The molecule has 2 atom stereocenters. The van der Waals surface area contributed by atoms with Gasteiger partial charge in [0.1, 0.15) is 0 Å². The molecule has 2 saturated carbocycles. The predicted octanol–water partition coefficient (Wildman–Crippen LogP) is 4.08. The minimum atomic E-state index is 0.351. The summed E-state index contributed by atoms with van der Waals surface area (Å²) in [6.45, 7) is 4.25. The highest BCUT2D eigenvalue weighted by molar-refractivity contribution is 8.09. The summed E-state index contributed by atoms with van der Waals surface area (Å²) in [7, 11) is 2.14. The zero-order chi connectivity index (χ0) is 18.1. The molecular weight excluding hydrogens is 340 g/mol. The van der Waals surface area contributed by atoms with Crippen molar-refractivity contribution in [3.63, 3.8) is 0 Å². The lowest BCUT2D eigenvalue weighted by Crippen LogP contribution is -2.55. The van der Waals surface area contributed by atoms with E-state index in [9.17, 15) is 0 Å². The van der Waals surface area contributed by atoms with Crippen LogP contribution >= 0.6 is 11.8 Å². The maximum atomic E-state index is 8.96. The Morgan fingerprint density at radius 1 is 1.23 bits per heavy atom. The molecule has 5 aliphatic rings. The Morgan fingerprint density at radius 3 is 2.50 bits per heavy atom. The SMILES string of the molecule is C=CC1=C(c2ccccc2)SC(C2CC2)N1.CN1C(CO)CC2CC1C2. The average molecular weight is 371 g/mol. The number of benzene rings is 1. The molecule has 3 heterocycles. The molecule has 2 unspecified atom stereocenters. The summed E-state index contributed by atoms with van der Waals surface area (Å²) in [5.41, 5.74) is 2.51. The average Bonchev–Trinajstić information content (AvgIpc) is 3.41. The molecule has 3 nitrogen and oxygen atoms in total. The number of thioether (sulfide) groups is 1. The van der Waals surface area contributed by atoms with E-state index >= 15 is 0 Å². The van der Waals surface area contributed by atoms with Gasteiger partial charge in [0, 0.05) is 22.7 Å². The van der Waals surface area contributed by atoms with E-state index in [0.717, 1.165) is 17.9 Å². The number of hydrogen-bond donors (Lipinski definition) is 2. The molecule has 0 radical (unpaired) electrons. The van der Waals surface area contributed by atoms with Crippen LogP contribution in [-0.2, 0) is 0 Å². The summed E-state index contributed by atoms with van der Waals surface area (Å²) in [5.74, 6) is 1.81. The fourth-order valence-electron chi connectivity index (χ4n) is 4.29. The van der Waals surface area contributed by atoms with Gasteiger partial charge in [-0.2, -0.15) is 0 Å². The van der Waals surface area contributed by atoms with Crippen LogP contribution in [0.2, 0.25) is 0 Å². The van der Waals surface area contributed by atoms with Crippen molar-refractivity contribution in [1.29, 1.82) is 0 Å². The monoisotopic (exact) mass is 370 g/mol. The largest absolute Gasteiger partial charge is 0.395 e. The lowest BCUT2D eigenvalue weighted by molar-refractivity contribution is -0.0333. The van der Waals surface area contributed by atoms with Gasteiger partial charge in [0.25, 0.3) is 0 Å². The van der Waals surface area contributed by atoms with E-state index in [-0.39, 0.29) is 0 Å². The van der Waals surface area contributed by atoms with Crippen LogP contribution < -0.4 is 5.32 Å². The molecule has 2 saturated heterocycles. The minimum absolute atomic E-state index is 0.351. The van der Waals surface area contributed by atoms with Crippen LogP contribution in [0.3, 0.4) is 0 Å². The molecular formula is C22H30N2OS. The van der Waals surface area contributed by atoms with Crippen molar-refractivity contribution in [3.8, 4) is 0 Å². The maximum absolute atomic E-state index is 8.96. The van der Waals surface area contributed by atoms with Crippen LogP contribution in [0.15, 0.2) is 48.7 Å². The van der Waals surface area contributed by atoms with Gasteiger partial charge in [-0.25, -0.2) is 0 Å². The molecule has 0 spiro atoms. The Hall–Kier alpha value is -1.23. The van der Waals surface area contributed by atoms with Gasteiger partial charge in [0.15, 0.2) is 0 Å². The number of rotatable bonds is 4. The number of hydrogen-bond acceptors (Lipinski definition) is 4. The lowest BCUT2D eigenvalue weighted by atomic mass is 9.71. The highest BCUT2D eigenvalue weighted by Crippen LogP contribution is 2.47. The Bertz CT molecular complexity index is 664. The summed E-state index contributed by atoms with van der Waals surface area (Å²) in [4.78, 5) is 3.70. The van der Waals surface area contributed by atoms with Crippen molar-refractivity contribution in [1.82, 2.24) is 10.2 Å². The van der Waals surface area contributed by atoms with Crippen molar-refractivity contribution >= 4 is 16.7 Å². The van der Waals surface area contributed by atoms with Crippen LogP contribution in [0.5, 0.6) is 0 Å². The molecule has 2 bridgehead atoms. The summed E-state index contributed by atoms with van der Waals surface area (Å²) >= 11 is 1.96. The number of allylic oxidation sites excluding steroid dienone is 1. The zero-order valence-corrected chi connectivity index (χ0v) is 16.4. The van der Waals surface area contributed by atoms with E-state index in [4.69, 9.17) is 5.11 Å². The Kier molecular flexibility index (Phi) is 5.44. The van der Waals surface area contributed by atoms with Gasteiger partial charge in [0.05, 0.1) is 12.0 Å². The Labute approximate surface area is 161 Å². The van der Waals surface area contributed by atoms with Crippen molar-refractivity contribution in [2.45, 2.75) is 49.6 Å². The number of aliphatic hydroxyl groups is 1. The lowest BCUT2D eigenvalue weighted by Gasteiger charge is -2.51. The highest BCUT2D eigenvalue weighted by Gasteiger charge is 2.41. The molecule has 1 aromatic rings. The number of likely N-dealkylation sites (N-methyl/N-ethyl adjacent to an activating group) is 1. The predicted molar refractivity (Wildman–Crippen MR) is 111 cm³/mol. The quantitative estimate of drug-likeness (QED) is 0.837. The third kappa shape index (κ3) is 3.73. The van der Waals surface area contributed by atoms with E-state index in [2.05, 4.69) is 54.2 Å². The van der Waals surface area contributed by atoms with Crippen LogP contribution in [0, 0.1) is 11.8 Å². The van der Waals surface area contributed by atoms with Crippen LogP contribution in [-0.4, -0.2) is 41.1 Å². The first kappa shape index (κ1) is 18.1. The topological polar surface area (TPSA) is 35.5 Å². The van der Waals surface area contributed by atoms with E-state index in [0.29, 0.717) is 18.0 Å². The van der Waals surface area contributed by atoms with Gasteiger partial charge in [0.2, 0.25) is 0 Å². The molecule has 0 amide bonds. The van der Waals surface area contributed by atoms with Crippen molar-refractivity contribution in [3.05, 3.63) is 54.2 Å².